The van der Waals surface area contributed by atoms with Crippen molar-refractivity contribution < 1.29 is 13.5 Å². The lowest BCUT2D eigenvalue weighted by Gasteiger charge is -2.31. The highest BCUT2D eigenvalue weighted by atomic mass is 32.2. The van der Waals surface area contributed by atoms with E-state index in [-0.39, 0.29) is 19.2 Å². The molecule has 1 rings (SSSR count). The quantitative estimate of drug-likeness (QED) is 0.773. The molecular formula is C11H24N2O3S. The van der Waals surface area contributed by atoms with Crippen LogP contribution in [0.1, 0.15) is 46.5 Å². The van der Waals surface area contributed by atoms with Gasteiger partial charge in [0.05, 0.1) is 6.61 Å². The van der Waals surface area contributed by atoms with Crippen LogP contribution in [0.3, 0.4) is 0 Å². The van der Waals surface area contributed by atoms with Gasteiger partial charge in [-0.15, -0.1) is 0 Å². The van der Waals surface area contributed by atoms with E-state index in [0.29, 0.717) is 0 Å². The van der Waals surface area contributed by atoms with Gasteiger partial charge in [0.15, 0.2) is 0 Å². The molecule has 1 saturated carbocycles. The van der Waals surface area contributed by atoms with Crippen LogP contribution >= 0.6 is 0 Å². The highest BCUT2D eigenvalue weighted by molar-refractivity contribution is 7.87. The zero-order valence-electron chi connectivity index (χ0n) is 10.9. The molecule has 6 heteroatoms. The van der Waals surface area contributed by atoms with Crippen LogP contribution in [-0.4, -0.2) is 42.6 Å². The maximum absolute atomic E-state index is 12.2. The first-order chi connectivity index (χ1) is 7.76. The molecule has 1 aliphatic rings. The van der Waals surface area contributed by atoms with Crippen molar-refractivity contribution in [1.82, 2.24) is 9.03 Å². The molecule has 1 aliphatic carbocycles. The summed E-state index contributed by atoms with van der Waals surface area (Å²) in [5, 5.41) is 9.02. The average molecular weight is 264 g/mol. The molecule has 0 spiro atoms. The van der Waals surface area contributed by atoms with Crippen LogP contribution in [0, 0.1) is 0 Å². The second kappa shape index (κ2) is 5.65. The van der Waals surface area contributed by atoms with Crippen molar-refractivity contribution in [2.45, 2.75) is 58.0 Å². The Kier molecular flexibility index (Phi) is 4.95. The predicted octanol–water partition coefficient (Wildman–Crippen LogP) is 0.856. The van der Waals surface area contributed by atoms with Gasteiger partial charge in [-0.2, -0.15) is 17.4 Å². The van der Waals surface area contributed by atoms with Crippen LogP contribution < -0.4 is 4.72 Å². The van der Waals surface area contributed by atoms with Crippen molar-refractivity contribution in [1.29, 1.82) is 0 Å². The smallest absolute Gasteiger partial charge is 0.280 e. The number of aliphatic hydroxyl groups excluding tert-OH is 1. The number of aliphatic hydroxyl groups is 1. The maximum atomic E-state index is 12.2. The van der Waals surface area contributed by atoms with Gasteiger partial charge in [-0.3, -0.25) is 0 Å². The Morgan fingerprint density at radius 2 is 1.82 bits per heavy atom. The summed E-state index contributed by atoms with van der Waals surface area (Å²) in [6.07, 6.45) is 3.92. The molecule has 0 aliphatic heterocycles. The largest absolute Gasteiger partial charge is 0.395 e. The van der Waals surface area contributed by atoms with Gasteiger partial charge in [0.2, 0.25) is 0 Å². The SMILES string of the molecule is CC(C)(C)NS(=O)(=O)N(CCO)C1CCCC1. The van der Waals surface area contributed by atoms with E-state index in [9.17, 15) is 8.42 Å². The van der Waals surface area contributed by atoms with Gasteiger partial charge in [-0.05, 0) is 33.6 Å². The second-order valence-electron chi connectivity index (χ2n) is 5.63. The molecule has 1 fully saturated rings. The summed E-state index contributed by atoms with van der Waals surface area (Å²) < 4.78 is 28.5. The van der Waals surface area contributed by atoms with Crippen molar-refractivity contribution in [3.05, 3.63) is 0 Å². The van der Waals surface area contributed by atoms with E-state index in [4.69, 9.17) is 5.11 Å². The second-order valence-corrected chi connectivity index (χ2v) is 7.25. The van der Waals surface area contributed by atoms with Crippen molar-refractivity contribution in [3.8, 4) is 0 Å². The Hall–Kier alpha value is -0.170. The number of nitrogens with zero attached hydrogens (tertiary/aromatic N) is 1. The molecule has 0 aromatic carbocycles. The van der Waals surface area contributed by atoms with Crippen molar-refractivity contribution >= 4 is 10.2 Å². The number of hydrogen-bond acceptors (Lipinski definition) is 3. The molecule has 0 heterocycles. The van der Waals surface area contributed by atoms with E-state index in [1.54, 1.807) is 0 Å². The zero-order valence-corrected chi connectivity index (χ0v) is 11.8. The van der Waals surface area contributed by atoms with Gasteiger partial charge in [0.1, 0.15) is 0 Å². The number of hydrogen-bond donors (Lipinski definition) is 2. The molecule has 0 bridgehead atoms. The summed E-state index contributed by atoms with van der Waals surface area (Å²) in [6, 6.07) is 0.0435. The molecule has 0 radical (unpaired) electrons. The molecule has 102 valence electrons. The topological polar surface area (TPSA) is 69.6 Å². The van der Waals surface area contributed by atoms with E-state index >= 15 is 0 Å². The summed E-state index contributed by atoms with van der Waals surface area (Å²) in [7, 11) is -3.50. The number of nitrogens with one attached hydrogen (secondary N) is 1. The normalized spacial score (nSPS) is 19.1. The summed E-state index contributed by atoms with van der Waals surface area (Å²) in [5.41, 5.74) is -0.495. The van der Waals surface area contributed by atoms with Crippen molar-refractivity contribution in [2.24, 2.45) is 0 Å². The lowest BCUT2D eigenvalue weighted by molar-refractivity contribution is 0.223. The third-order valence-electron chi connectivity index (χ3n) is 2.80. The molecule has 0 unspecified atom stereocenters. The summed E-state index contributed by atoms with van der Waals surface area (Å²) in [5.74, 6) is 0. The lowest BCUT2D eigenvalue weighted by atomic mass is 10.1. The molecule has 0 saturated heterocycles. The van der Waals surface area contributed by atoms with Crippen molar-refractivity contribution in [2.75, 3.05) is 13.2 Å². The minimum atomic E-state index is -3.50. The minimum Gasteiger partial charge on any atom is -0.395 e. The van der Waals surface area contributed by atoms with Gasteiger partial charge in [-0.25, -0.2) is 0 Å². The van der Waals surface area contributed by atoms with Crippen LogP contribution in [0.5, 0.6) is 0 Å². The fourth-order valence-corrected chi connectivity index (χ4v) is 4.05. The maximum Gasteiger partial charge on any atom is 0.280 e. The molecular weight excluding hydrogens is 240 g/mol. The third kappa shape index (κ3) is 4.54. The first-order valence-corrected chi connectivity index (χ1v) is 7.62. The molecule has 0 amide bonds. The lowest BCUT2D eigenvalue weighted by Crippen LogP contribution is -2.52. The Morgan fingerprint density at radius 1 is 1.29 bits per heavy atom. The average Bonchev–Trinajstić information content (AvgIpc) is 2.62. The van der Waals surface area contributed by atoms with Gasteiger partial charge in [-0.1, -0.05) is 12.8 Å². The fourth-order valence-electron chi connectivity index (χ4n) is 2.24. The first-order valence-electron chi connectivity index (χ1n) is 6.18. The van der Waals surface area contributed by atoms with Gasteiger partial charge < -0.3 is 5.11 Å². The van der Waals surface area contributed by atoms with E-state index in [0.717, 1.165) is 25.7 Å². The van der Waals surface area contributed by atoms with Gasteiger partial charge in [0, 0.05) is 18.1 Å². The standard InChI is InChI=1S/C11H24N2O3S/c1-11(2,3)12-17(15,16)13(8-9-14)10-6-4-5-7-10/h10,12,14H,4-9H2,1-3H3. The zero-order chi connectivity index (χ0) is 13.1. The molecule has 0 aromatic heterocycles. The highest BCUT2D eigenvalue weighted by Crippen LogP contribution is 2.25. The van der Waals surface area contributed by atoms with Crippen LogP contribution in [0.2, 0.25) is 0 Å². The van der Waals surface area contributed by atoms with Gasteiger partial charge >= 0.3 is 0 Å². The summed E-state index contributed by atoms with van der Waals surface area (Å²) in [4.78, 5) is 0. The van der Waals surface area contributed by atoms with Crippen LogP contribution in [0.4, 0.5) is 0 Å². The summed E-state index contributed by atoms with van der Waals surface area (Å²) in [6.45, 7) is 5.49. The molecule has 0 aromatic rings. The predicted molar refractivity (Wildman–Crippen MR) is 67.9 cm³/mol. The van der Waals surface area contributed by atoms with Crippen LogP contribution in [0.25, 0.3) is 0 Å². The Morgan fingerprint density at radius 3 is 2.24 bits per heavy atom. The van der Waals surface area contributed by atoms with Crippen LogP contribution in [-0.2, 0) is 10.2 Å². The van der Waals surface area contributed by atoms with E-state index in [1.165, 1.54) is 4.31 Å². The molecule has 17 heavy (non-hydrogen) atoms. The fraction of sp³-hybridized carbons (Fsp3) is 1.00. The minimum absolute atomic E-state index is 0.0435. The molecule has 0 atom stereocenters. The first kappa shape index (κ1) is 14.9. The van der Waals surface area contributed by atoms with E-state index in [2.05, 4.69) is 4.72 Å². The highest BCUT2D eigenvalue weighted by Gasteiger charge is 2.33. The molecule has 2 N–H and O–H groups in total. The summed E-state index contributed by atoms with van der Waals surface area (Å²) >= 11 is 0. The Bertz CT molecular complexity index is 329. The monoisotopic (exact) mass is 264 g/mol. The molecule has 5 nitrogen and oxygen atoms in total. The van der Waals surface area contributed by atoms with E-state index < -0.39 is 15.7 Å². The van der Waals surface area contributed by atoms with E-state index in [1.807, 2.05) is 20.8 Å². The van der Waals surface area contributed by atoms with Gasteiger partial charge in [0.25, 0.3) is 10.2 Å². The Labute approximate surface area is 104 Å². The number of rotatable bonds is 5. The van der Waals surface area contributed by atoms with Crippen molar-refractivity contribution in [3.63, 3.8) is 0 Å². The van der Waals surface area contributed by atoms with Crippen LogP contribution in [0.15, 0.2) is 0 Å². The third-order valence-corrected chi connectivity index (χ3v) is 4.76. The Balaban J connectivity index is 2.81.